The smallest absolute Gasteiger partial charge is 0.337 e. The topological polar surface area (TPSA) is 38.8 Å². The number of hydrogen-bond acceptors (Lipinski definition) is 4. The molecule has 0 aromatic carbocycles. The molecule has 4 heteroatoms. The van der Waals surface area contributed by atoms with Gasteiger partial charge < -0.3 is 14.4 Å². The third-order valence-electron chi connectivity index (χ3n) is 3.95. The van der Waals surface area contributed by atoms with Gasteiger partial charge in [-0.2, -0.15) is 0 Å². The lowest BCUT2D eigenvalue weighted by molar-refractivity contribution is -0.160. The molecule has 4 nitrogen and oxygen atoms in total. The van der Waals surface area contributed by atoms with Crippen LogP contribution in [0.1, 0.15) is 47.0 Å². The normalized spacial score (nSPS) is 31.3. The Morgan fingerprint density at radius 1 is 1.22 bits per heavy atom. The van der Waals surface area contributed by atoms with E-state index in [-0.39, 0.29) is 12.1 Å². The van der Waals surface area contributed by atoms with Crippen molar-refractivity contribution in [1.29, 1.82) is 0 Å². The van der Waals surface area contributed by atoms with Crippen LogP contribution in [0.15, 0.2) is 0 Å². The van der Waals surface area contributed by atoms with Crippen molar-refractivity contribution < 1.29 is 14.3 Å². The molecule has 0 aromatic heterocycles. The number of carbonyl (C=O) groups is 1. The van der Waals surface area contributed by atoms with Crippen LogP contribution in [0.25, 0.3) is 0 Å². The summed E-state index contributed by atoms with van der Waals surface area (Å²) >= 11 is 0. The van der Waals surface area contributed by atoms with Crippen molar-refractivity contribution in [3.05, 3.63) is 0 Å². The fourth-order valence-electron chi connectivity index (χ4n) is 2.58. The second-order valence-electron chi connectivity index (χ2n) is 6.72. The summed E-state index contributed by atoms with van der Waals surface area (Å²) in [5, 5.41) is 0. The maximum atomic E-state index is 11.6. The Hall–Kier alpha value is -0.610. The molecule has 2 saturated heterocycles. The Balaban J connectivity index is 1.75. The molecule has 2 heterocycles. The van der Waals surface area contributed by atoms with Gasteiger partial charge in [-0.05, 0) is 37.8 Å². The number of carbonyl (C=O) groups excluding carboxylic acids is 1. The highest BCUT2D eigenvalue weighted by Gasteiger charge is 2.40. The number of likely N-dealkylation sites (tertiary alicyclic amines) is 1. The summed E-state index contributed by atoms with van der Waals surface area (Å²) in [7, 11) is 0. The van der Waals surface area contributed by atoms with Crippen molar-refractivity contribution >= 4 is 5.97 Å². The highest BCUT2D eigenvalue weighted by Crippen LogP contribution is 2.30. The van der Waals surface area contributed by atoms with Gasteiger partial charge in [-0.1, -0.05) is 13.8 Å². The number of ether oxygens (including phenoxy) is 2. The highest BCUT2D eigenvalue weighted by molar-refractivity contribution is 5.76. The first-order valence-corrected chi connectivity index (χ1v) is 6.90. The fourth-order valence-corrected chi connectivity index (χ4v) is 2.58. The van der Waals surface area contributed by atoms with E-state index in [2.05, 4.69) is 18.7 Å². The molecule has 2 fully saturated rings. The molecule has 0 amide bonds. The van der Waals surface area contributed by atoms with E-state index in [0.29, 0.717) is 5.41 Å². The van der Waals surface area contributed by atoms with Gasteiger partial charge in [0.05, 0.1) is 0 Å². The van der Waals surface area contributed by atoms with E-state index in [1.165, 1.54) is 12.8 Å². The van der Waals surface area contributed by atoms with E-state index in [4.69, 9.17) is 9.47 Å². The van der Waals surface area contributed by atoms with Crippen LogP contribution in [0.4, 0.5) is 0 Å². The molecule has 0 bridgehead atoms. The summed E-state index contributed by atoms with van der Waals surface area (Å²) in [6.45, 7) is 11.4. The van der Waals surface area contributed by atoms with Crippen LogP contribution in [0.5, 0.6) is 0 Å². The van der Waals surface area contributed by atoms with E-state index in [1.54, 1.807) is 13.8 Å². The van der Waals surface area contributed by atoms with E-state index in [1.807, 2.05) is 0 Å². The molecule has 0 saturated carbocycles. The number of hydrogen-bond donors (Lipinski definition) is 0. The third kappa shape index (κ3) is 3.45. The Morgan fingerprint density at radius 3 is 2.33 bits per heavy atom. The maximum Gasteiger partial charge on any atom is 0.337 e. The fraction of sp³-hybridized carbons (Fsp3) is 0.929. The largest absolute Gasteiger partial charge is 0.432 e. The highest BCUT2D eigenvalue weighted by atomic mass is 16.8. The predicted molar refractivity (Wildman–Crippen MR) is 69.1 cm³/mol. The molecular weight excluding hydrogens is 230 g/mol. The first kappa shape index (κ1) is 13.8. The molecule has 1 atom stereocenters. The van der Waals surface area contributed by atoms with Crippen molar-refractivity contribution in [2.45, 2.75) is 58.8 Å². The number of piperidine rings is 1. The average molecular weight is 255 g/mol. The van der Waals surface area contributed by atoms with Crippen LogP contribution in [-0.2, 0) is 14.3 Å². The molecule has 0 N–H and O–H groups in total. The Morgan fingerprint density at radius 2 is 1.83 bits per heavy atom. The SMILES string of the molecule is CC1(C)CCN(CC[C@@H]2OC(C)(C)OC2=O)CC1. The van der Waals surface area contributed by atoms with Crippen molar-refractivity contribution in [2.24, 2.45) is 5.41 Å². The zero-order chi connectivity index (χ0) is 13.4. The van der Waals surface area contributed by atoms with Crippen LogP contribution in [0.2, 0.25) is 0 Å². The minimum Gasteiger partial charge on any atom is -0.432 e. The Labute approximate surface area is 110 Å². The van der Waals surface area contributed by atoms with Gasteiger partial charge in [0.2, 0.25) is 5.79 Å². The molecule has 104 valence electrons. The summed E-state index contributed by atoms with van der Waals surface area (Å²) < 4.78 is 10.7. The molecule has 0 aromatic rings. The second kappa shape index (κ2) is 4.82. The van der Waals surface area contributed by atoms with Crippen LogP contribution in [0.3, 0.4) is 0 Å². The second-order valence-corrected chi connectivity index (χ2v) is 6.72. The first-order chi connectivity index (χ1) is 8.27. The van der Waals surface area contributed by atoms with Gasteiger partial charge in [0.15, 0.2) is 6.10 Å². The molecule has 2 rings (SSSR count). The third-order valence-corrected chi connectivity index (χ3v) is 3.95. The van der Waals surface area contributed by atoms with Crippen molar-refractivity contribution in [2.75, 3.05) is 19.6 Å². The van der Waals surface area contributed by atoms with E-state index >= 15 is 0 Å². The Kier molecular flexibility index (Phi) is 3.70. The van der Waals surface area contributed by atoms with Crippen LogP contribution in [0, 0.1) is 5.41 Å². The van der Waals surface area contributed by atoms with Crippen LogP contribution < -0.4 is 0 Å². The zero-order valence-corrected chi connectivity index (χ0v) is 12.0. The van der Waals surface area contributed by atoms with Crippen molar-refractivity contribution in [3.8, 4) is 0 Å². The lowest BCUT2D eigenvalue weighted by Crippen LogP contribution is -2.39. The molecule has 0 spiro atoms. The molecule has 18 heavy (non-hydrogen) atoms. The number of nitrogens with zero attached hydrogens (tertiary/aromatic N) is 1. The van der Waals surface area contributed by atoms with Crippen molar-refractivity contribution in [3.63, 3.8) is 0 Å². The number of cyclic esters (lactones) is 1. The average Bonchev–Trinajstić information content (AvgIpc) is 2.50. The van der Waals surface area contributed by atoms with Crippen molar-refractivity contribution in [1.82, 2.24) is 4.90 Å². The van der Waals surface area contributed by atoms with E-state index in [9.17, 15) is 4.79 Å². The molecule has 0 aliphatic carbocycles. The summed E-state index contributed by atoms with van der Waals surface area (Å²) in [4.78, 5) is 14.0. The molecule has 0 unspecified atom stereocenters. The summed E-state index contributed by atoms with van der Waals surface area (Å²) in [5.74, 6) is -0.955. The summed E-state index contributed by atoms with van der Waals surface area (Å²) in [6, 6.07) is 0. The number of rotatable bonds is 3. The van der Waals surface area contributed by atoms with Crippen LogP contribution in [-0.4, -0.2) is 42.4 Å². The number of esters is 1. The van der Waals surface area contributed by atoms with Gasteiger partial charge in [-0.15, -0.1) is 0 Å². The molecular formula is C14H25NO3. The van der Waals surface area contributed by atoms with E-state index < -0.39 is 5.79 Å². The van der Waals surface area contributed by atoms with Gasteiger partial charge in [-0.25, -0.2) is 4.79 Å². The van der Waals surface area contributed by atoms with Gasteiger partial charge >= 0.3 is 5.97 Å². The zero-order valence-electron chi connectivity index (χ0n) is 12.0. The maximum absolute atomic E-state index is 11.6. The van der Waals surface area contributed by atoms with Gasteiger partial charge in [0, 0.05) is 20.4 Å². The quantitative estimate of drug-likeness (QED) is 0.725. The molecule has 2 aliphatic rings. The monoisotopic (exact) mass is 255 g/mol. The first-order valence-electron chi connectivity index (χ1n) is 6.90. The minimum absolute atomic E-state index is 0.211. The van der Waals surface area contributed by atoms with Gasteiger partial charge in [0.1, 0.15) is 0 Å². The van der Waals surface area contributed by atoms with E-state index in [0.717, 1.165) is 26.1 Å². The minimum atomic E-state index is -0.744. The standard InChI is InChI=1S/C14H25NO3/c1-13(2)6-9-15(10-7-13)8-5-11-12(16)18-14(3,4)17-11/h11H,5-10H2,1-4H3/t11-/m0/s1. The van der Waals surface area contributed by atoms with Crippen LogP contribution >= 0.6 is 0 Å². The van der Waals surface area contributed by atoms with Gasteiger partial charge in [-0.3, -0.25) is 0 Å². The van der Waals surface area contributed by atoms with Gasteiger partial charge in [0.25, 0.3) is 0 Å². The molecule has 2 aliphatic heterocycles. The lowest BCUT2D eigenvalue weighted by atomic mass is 9.82. The predicted octanol–water partition coefficient (Wildman–Crippen LogP) is 2.18. The lowest BCUT2D eigenvalue weighted by Gasteiger charge is -2.37. The Bertz CT molecular complexity index is 315. The summed E-state index contributed by atoms with van der Waals surface area (Å²) in [5.41, 5.74) is 0.473. The summed E-state index contributed by atoms with van der Waals surface area (Å²) in [6.07, 6.45) is 2.82. The molecule has 0 radical (unpaired) electrons.